The Morgan fingerprint density at radius 3 is 2.52 bits per heavy atom. The molecule has 0 saturated carbocycles. The third-order valence-corrected chi connectivity index (χ3v) is 4.00. The van der Waals surface area contributed by atoms with Crippen LogP contribution in [0, 0.1) is 0 Å². The lowest BCUT2D eigenvalue weighted by molar-refractivity contribution is -0.142. The predicted octanol–water partition coefficient (Wildman–Crippen LogP) is 2.55. The zero-order chi connectivity index (χ0) is 16.0. The van der Waals surface area contributed by atoms with Crippen molar-refractivity contribution in [3.05, 3.63) is 34.3 Å². The summed E-state index contributed by atoms with van der Waals surface area (Å²) in [5.41, 5.74) is 6.69. The van der Waals surface area contributed by atoms with Gasteiger partial charge in [0.1, 0.15) is 0 Å². The topological polar surface area (TPSA) is 83.6 Å². The number of rotatable bonds is 7. The maximum absolute atomic E-state index is 12.4. The van der Waals surface area contributed by atoms with Crippen LogP contribution in [-0.2, 0) is 9.59 Å². The number of carbonyl (C=O) groups is 2. The molecule has 0 aromatic heterocycles. The summed E-state index contributed by atoms with van der Waals surface area (Å²) < 4.78 is 0.915. The Bertz CT molecular complexity index is 507. The molecular formula is C15H21BrN2O3. The number of hydrogen-bond acceptors (Lipinski definition) is 3. The van der Waals surface area contributed by atoms with Crippen molar-refractivity contribution in [2.75, 3.05) is 6.54 Å². The highest BCUT2D eigenvalue weighted by molar-refractivity contribution is 9.10. The highest BCUT2D eigenvalue weighted by Crippen LogP contribution is 2.28. The van der Waals surface area contributed by atoms with E-state index in [2.05, 4.69) is 15.9 Å². The average molecular weight is 357 g/mol. The molecule has 1 rings (SSSR count). The molecule has 1 aromatic rings. The lowest BCUT2D eigenvalue weighted by Gasteiger charge is -2.31. The largest absolute Gasteiger partial charge is 0.481 e. The number of aliphatic carboxylic acids is 1. The average Bonchev–Trinajstić information content (AvgIpc) is 2.43. The van der Waals surface area contributed by atoms with E-state index in [1.54, 1.807) is 4.90 Å². The van der Waals surface area contributed by atoms with E-state index >= 15 is 0 Å². The highest BCUT2D eigenvalue weighted by atomic mass is 79.9. The molecule has 2 unspecified atom stereocenters. The van der Waals surface area contributed by atoms with Crippen LogP contribution in [0.1, 0.15) is 38.3 Å². The minimum absolute atomic E-state index is 0.173. The molecule has 116 valence electrons. The molecule has 1 aromatic carbocycles. The van der Waals surface area contributed by atoms with E-state index < -0.39 is 12.0 Å². The van der Waals surface area contributed by atoms with E-state index in [9.17, 15) is 9.59 Å². The number of hydrogen-bond donors (Lipinski definition) is 2. The van der Waals surface area contributed by atoms with Gasteiger partial charge >= 0.3 is 5.97 Å². The van der Waals surface area contributed by atoms with Gasteiger partial charge in [0.25, 0.3) is 0 Å². The summed E-state index contributed by atoms with van der Waals surface area (Å²) in [5, 5.41) is 8.79. The fourth-order valence-corrected chi connectivity index (χ4v) is 2.82. The first kappa shape index (κ1) is 17.7. The van der Waals surface area contributed by atoms with Crippen LogP contribution >= 0.6 is 15.9 Å². The van der Waals surface area contributed by atoms with Crippen LogP contribution in [-0.4, -0.2) is 34.5 Å². The lowest BCUT2D eigenvalue weighted by Crippen LogP contribution is -2.46. The van der Waals surface area contributed by atoms with Gasteiger partial charge in [-0.15, -0.1) is 0 Å². The molecule has 0 fully saturated rings. The SMILES string of the molecule is CCCN(C(=O)C(N)CC(=O)O)C(C)c1ccccc1Br. The zero-order valence-corrected chi connectivity index (χ0v) is 13.8. The second-order valence-electron chi connectivity index (χ2n) is 4.93. The Kier molecular flexibility index (Phi) is 6.84. The van der Waals surface area contributed by atoms with Crippen molar-refractivity contribution in [3.63, 3.8) is 0 Å². The summed E-state index contributed by atoms with van der Waals surface area (Å²) in [4.78, 5) is 24.8. The lowest BCUT2D eigenvalue weighted by atomic mass is 10.0. The van der Waals surface area contributed by atoms with Gasteiger partial charge in [0.2, 0.25) is 5.91 Å². The Morgan fingerprint density at radius 2 is 2.00 bits per heavy atom. The number of carboxylic acids is 1. The molecule has 21 heavy (non-hydrogen) atoms. The van der Waals surface area contributed by atoms with E-state index in [1.165, 1.54) is 0 Å². The van der Waals surface area contributed by atoms with Gasteiger partial charge < -0.3 is 15.7 Å². The Labute approximate surface area is 133 Å². The van der Waals surface area contributed by atoms with Crippen LogP contribution in [0.15, 0.2) is 28.7 Å². The Balaban J connectivity index is 2.97. The first-order valence-electron chi connectivity index (χ1n) is 6.90. The predicted molar refractivity (Wildman–Crippen MR) is 84.8 cm³/mol. The van der Waals surface area contributed by atoms with Gasteiger partial charge in [-0.3, -0.25) is 9.59 Å². The molecule has 0 aliphatic carbocycles. The first-order valence-corrected chi connectivity index (χ1v) is 7.70. The molecule has 6 heteroatoms. The highest BCUT2D eigenvalue weighted by Gasteiger charge is 2.27. The summed E-state index contributed by atoms with van der Waals surface area (Å²) in [6, 6.07) is 6.47. The Hall–Kier alpha value is -1.40. The van der Waals surface area contributed by atoms with E-state index in [4.69, 9.17) is 10.8 Å². The summed E-state index contributed by atoms with van der Waals surface area (Å²) in [5.74, 6) is -1.40. The number of nitrogens with zero attached hydrogens (tertiary/aromatic N) is 1. The molecule has 0 heterocycles. The van der Waals surface area contributed by atoms with Crippen molar-refractivity contribution < 1.29 is 14.7 Å². The van der Waals surface area contributed by atoms with Gasteiger partial charge in [0.15, 0.2) is 0 Å². The van der Waals surface area contributed by atoms with E-state index in [0.717, 1.165) is 16.5 Å². The van der Waals surface area contributed by atoms with Gasteiger partial charge in [0.05, 0.1) is 18.5 Å². The van der Waals surface area contributed by atoms with Crippen molar-refractivity contribution in [1.82, 2.24) is 4.90 Å². The molecule has 0 bridgehead atoms. The molecule has 0 radical (unpaired) electrons. The number of nitrogens with two attached hydrogens (primary N) is 1. The minimum Gasteiger partial charge on any atom is -0.481 e. The fourth-order valence-electron chi connectivity index (χ4n) is 2.21. The smallest absolute Gasteiger partial charge is 0.305 e. The summed E-state index contributed by atoms with van der Waals surface area (Å²) in [6.07, 6.45) is 0.419. The molecule has 0 spiro atoms. The number of halogens is 1. The van der Waals surface area contributed by atoms with Crippen molar-refractivity contribution >= 4 is 27.8 Å². The molecular weight excluding hydrogens is 336 g/mol. The maximum atomic E-state index is 12.4. The van der Waals surface area contributed by atoms with Gasteiger partial charge in [-0.2, -0.15) is 0 Å². The third kappa shape index (κ3) is 4.82. The van der Waals surface area contributed by atoms with Crippen molar-refractivity contribution in [3.8, 4) is 0 Å². The second kappa shape index (κ2) is 8.14. The first-order chi connectivity index (χ1) is 9.88. The normalized spacial score (nSPS) is 13.5. The second-order valence-corrected chi connectivity index (χ2v) is 5.79. The summed E-state index contributed by atoms with van der Waals surface area (Å²) in [6.45, 7) is 4.42. The molecule has 5 nitrogen and oxygen atoms in total. The molecule has 0 aliphatic rings. The maximum Gasteiger partial charge on any atom is 0.305 e. The van der Waals surface area contributed by atoms with E-state index in [0.29, 0.717) is 6.54 Å². The third-order valence-electron chi connectivity index (χ3n) is 3.28. The van der Waals surface area contributed by atoms with E-state index in [1.807, 2.05) is 38.1 Å². The Morgan fingerprint density at radius 1 is 1.38 bits per heavy atom. The van der Waals surface area contributed by atoms with Gasteiger partial charge in [-0.05, 0) is 25.0 Å². The number of amides is 1. The van der Waals surface area contributed by atoms with Crippen LogP contribution in [0.5, 0.6) is 0 Å². The fraction of sp³-hybridized carbons (Fsp3) is 0.467. The summed E-state index contributed by atoms with van der Waals surface area (Å²) in [7, 11) is 0. The van der Waals surface area contributed by atoms with Crippen LogP contribution < -0.4 is 5.73 Å². The van der Waals surface area contributed by atoms with Crippen LogP contribution in [0.4, 0.5) is 0 Å². The molecule has 1 amide bonds. The quantitative estimate of drug-likeness (QED) is 0.786. The van der Waals surface area contributed by atoms with Crippen molar-refractivity contribution in [1.29, 1.82) is 0 Å². The molecule has 2 atom stereocenters. The summed E-state index contributed by atoms with van der Waals surface area (Å²) >= 11 is 3.48. The van der Waals surface area contributed by atoms with Gasteiger partial charge in [-0.25, -0.2) is 0 Å². The van der Waals surface area contributed by atoms with Crippen LogP contribution in [0.25, 0.3) is 0 Å². The van der Waals surface area contributed by atoms with Gasteiger partial charge in [0, 0.05) is 11.0 Å². The number of carboxylic acid groups (broad SMARTS) is 1. The van der Waals surface area contributed by atoms with Gasteiger partial charge in [-0.1, -0.05) is 41.1 Å². The minimum atomic E-state index is -1.07. The molecule has 0 aliphatic heterocycles. The number of benzene rings is 1. The van der Waals surface area contributed by atoms with E-state index in [-0.39, 0.29) is 18.4 Å². The zero-order valence-electron chi connectivity index (χ0n) is 12.3. The molecule has 3 N–H and O–H groups in total. The van der Waals surface area contributed by atoms with Crippen LogP contribution in [0.2, 0.25) is 0 Å². The standard InChI is InChI=1S/C15H21BrN2O3/c1-3-8-18(15(21)13(17)9-14(19)20)10(2)11-6-4-5-7-12(11)16/h4-7,10,13H,3,8-9,17H2,1-2H3,(H,19,20). The van der Waals surface area contributed by atoms with Crippen molar-refractivity contribution in [2.45, 2.75) is 38.8 Å². The van der Waals surface area contributed by atoms with Crippen LogP contribution in [0.3, 0.4) is 0 Å². The number of carbonyl (C=O) groups excluding carboxylic acids is 1. The van der Waals surface area contributed by atoms with Crippen molar-refractivity contribution in [2.24, 2.45) is 5.73 Å². The monoisotopic (exact) mass is 356 g/mol. The molecule has 0 saturated heterocycles.